The summed E-state index contributed by atoms with van der Waals surface area (Å²) >= 11 is 0. The van der Waals surface area contributed by atoms with Crippen LogP contribution in [0.5, 0.6) is 0 Å². The van der Waals surface area contributed by atoms with Crippen molar-refractivity contribution in [2.45, 2.75) is 39.8 Å². The number of nitrogens with zero attached hydrogens (tertiary/aromatic N) is 4. The van der Waals surface area contributed by atoms with Crippen LogP contribution in [0, 0.1) is 6.92 Å². The number of nitrogens with one attached hydrogen (secondary N) is 1. The highest BCUT2D eigenvalue weighted by atomic mass is 15.3. The molecule has 0 aromatic carbocycles. The fraction of sp³-hybridized carbons (Fsp3) is 0.500. The molecule has 1 atom stereocenters. The minimum Gasteiger partial charge on any atom is -0.310 e. The second-order valence-electron chi connectivity index (χ2n) is 4.58. The van der Waals surface area contributed by atoms with Crippen LogP contribution in [-0.2, 0) is 13.0 Å². The average Bonchev–Trinajstić information content (AvgIpc) is 2.79. The minimum atomic E-state index is 0.229. The largest absolute Gasteiger partial charge is 0.310 e. The number of hydrogen-bond acceptors (Lipinski definition) is 4. The van der Waals surface area contributed by atoms with Gasteiger partial charge in [-0.3, -0.25) is 4.68 Å². The molecular formula is C14H21N5. The van der Waals surface area contributed by atoms with Gasteiger partial charge in [-0.05, 0) is 26.5 Å². The molecule has 0 aliphatic carbocycles. The van der Waals surface area contributed by atoms with Gasteiger partial charge in [-0.15, -0.1) is 0 Å². The average molecular weight is 259 g/mol. The summed E-state index contributed by atoms with van der Waals surface area (Å²) in [6.45, 7) is 8.07. The summed E-state index contributed by atoms with van der Waals surface area (Å²) in [4.78, 5) is 8.21. The van der Waals surface area contributed by atoms with Crippen molar-refractivity contribution in [3.05, 3.63) is 41.7 Å². The summed E-state index contributed by atoms with van der Waals surface area (Å²) in [6, 6.07) is 2.38. The lowest BCUT2D eigenvalue weighted by Crippen LogP contribution is -2.24. The van der Waals surface area contributed by atoms with Crippen molar-refractivity contribution < 1.29 is 0 Å². The molecule has 2 aromatic heterocycles. The highest BCUT2D eigenvalue weighted by Gasteiger charge is 2.15. The zero-order chi connectivity index (χ0) is 13.7. The summed E-state index contributed by atoms with van der Waals surface area (Å²) in [7, 11) is 0. The van der Waals surface area contributed by atoms with Crippen LogP contribution in [0.4, 0.5) is 0 Å². The molecule has 0 aliphatic heterocycles. The smallest absolute Gasteiger partial charge is 0.115 e. The lowest BCUT2D eigenvalue weighted by atomic mass is 10.0. The van der Waals surface area contributed by atoms with Crippen LogP contribution in [-0.4, -0.2) is 26.3 Å². The van der Waals surface area contributed by atoms with Crippen LogP contribution in [0.3, 0.4) is 0 Å². The van der Waals surface area contributed by atoms with Crippen molar-refractivity contribution in [1.29, 1.82) is 0 Å². The van der Waals surface area contributed by atoms with E-state index in [1.54, 1.807) is 6.33 Å². The van der Waals surface area contributed by atoms with Crippen LogP contribution >= 0.6 is 0 Å². The van der Waals surface area contributed by atoms with Gasteiger partial charge in [0.1, 0.15) is 6.33 Å². The van der Waals surface area contributed by atoms with Gasteiger partial charge < -0.3 is 5.32 Å². The van der Waals surface area contributed by atoms with Gasteiger partial charge in [0, 0.05) is 42.7 Å². The van der Waals surface area contributed by atoms with Gasteiger partial charge in [-0.2, -0.15) is 5.10 Å². The third-order valence-electron chi connectivity index (χ3n) is 3.13. The maximum atomic E-state index is 4.49. The van der Waals surface area contributed by atoms with E-state index in [4.69, 9.17) is 0 Å². The van der Waals surface area contributed by atoms with Crippen LogP contribution in [0.15, 0.2) is 24.8 Å². The maximum Gasteiger partial charge on any atom is 0.115 e. The third kappa shape index (κ3) is 3.38. The molecule has 2 aromatic rings. The summed E-state index contributed by atoms with van der Waals surface area (Å²) in [6.07, 6.45) is 6.21. The van der Waals surface area contributed by atoms with E-state index < -0.39 is 0 Å². The van der Waals surface area contributed by atoms with E-state index in [2.05, 4.69) is 45.0 Å². The van der Waals surface area contributed by atoms with E-state index in [0.29, 0.717) is 0 Å². The third-order valence-corrected chi connectivity index (χ3v) is 3.13. The van der Waals surface area contributed by atoms with Crippen molar-refractivity contribution in [2.75, 3.05) is 6.54 Å². The van der Waals surface area contributed by atoms with Crippen molar-refractivity contribution in [2.24, 2.45) is 0 Å². The molecule has 2 heterocycles. The van der Waals surface area contributed by atoms with Crippen molar-refractivity contribution in [3.8, 4) is 0 Å². The van der Waals surface area contributed by atoms with Crippen LogP contribution in [0.25, 0.3) is 0 Å². The Morgan fingerprint density at radius 1 is 1.26 bits per heavy atom. The first-order chi connectivity index (χ1) is 9.24. The van der Waals surface area contributed by atoms with Crippen molar-refractivity contribution in [3.63, 3.8) is 0 Å². The molecule has 0 bridgehead atoms. The Hall–Kier alpha value is -1.75. The predicted octanol–water partition coefficient (Wildman–Crippen LogP) is 1.89. The van der Waals surface area contributed by atoms with E-state index in [1.165, 1.54) is 5.69 Å². The first-order valence-electron chi connectivity index (χ1n) is 6.76. The molecule has 0 saturated heterocycles. The highest BCUT2D eigenvalue weighted by Crippen LogP contribution is 2.17. The lowest BCUT2D eigenvalue weighted by Gasteiger charge is -2.18. The second kappa shape index (κ2) is 6.43. The Bertz CT molecular complexity index is 506. The summed E-state index contributed by atoms with van der Waals surface area (Å²) in [5.41, 5.74) is 3.43. The molecule has 5 heteroatoms. The van der Waals surface area contributed by atoms with E-state index in [0.717, 1.165) is 30.8 Å². The van der Waals surface area contributed by atoms with Crippen molar-refractivity contribution >= 4 is 0 Å². The monoisotopic (exact) mass is 259 g/mol. The predicted molar refractivity (Wildman–Crippen MR) is 74.8 cm³/mol. The fourth-order valence-electron chi connectivity index (χ4n) is 2.29. The van der Waals surface area contributed by atoms with E-state index in [1.807, 2.05) is 19.3 Å². The SMILES string of the molecule is CCNC(Cc1cc(C)nn1CC)c1cncnc1. The molecule has 0 radical (unpaired) electrons. The van der Waals surface area contributed by atoms with Crippen LogP contribution in [0.1, 0.15) is 36.8 Å². The molecule has 5 nitrogen and oxygen atoms in total. The molecular weight excluding hydrogens is 238 g/mol. The fourth-order valence-corrected chi connectivity index (χ4v) is 2.29. The molecule has 2 rings (SSSR count). The van der Waals surface area contributed by atoms with Gasteiger partial charge in [-0.25, -0.2) is 9.97 Å². The molecule has 0 saturated carbocycles. The second-order valence-corrected chi connectivity index (χ2v) is 4.58. The molecule has 0 spiro atoms. The molecule has 1 N–H and O–H groups in total. The number of rotatable bonds is 6. The lowest BCUT2D eigenvalue weighted by molar-refractivity contribution is 0.513. The molecule has 0 aliphatic rings. The topological polar surface area (TPSA) is 55.6 Å². The van der Waals surface area contributed by atoms with Gasteiger partial charge >= 0.3 is 0 Å². The molecule has 0 amide bonds. The van der Waals surface area contributed by atoms with Gasteiger partial charge in [0.15, 0.2) is 0 Å². The van der Waals surface area contributed by atoms with Gasteiger partial charge in [0.25, 0.3) is 0 Å². The van der Waals surface area contributed by atoms with Crippen LogP contribution in [0.2, 0.25) is 0 Å². The van der Waals surface area contributed by atoms with E-state index in [-0.39, 0.29) is 6.04 Å². The molecule has 1 unspecified atom stereocenters. The summed E-state index contributed by atoms with van der Waals surface area (Å²) in [5, 5.41) is 7.98. The van der Waals surface area contributed by atoms with Crippen LogP contribution < -0.4 is 5.32 Å². The first-order valence-corrected chi connectivity index (χ1v) is 6.76. The molecule has 0 fully saturated rings. The standard InChI is InChI=1S/C14H21N5/c1-4-17-14(12-8-15-10-16-9-12)7-13-6-11(3)18-19(13)5-2/h6,8-10,14,17H,4-5,7H2,1-3H3. The normalized spacial score (nSPS) is 12.6. The Morgan fingerprint density at radius 3 is 2.63 bits per heavy atom. The summed E-state index contributed by atoms with van der Waals surface area (Å²) in [5.74, 6) is 0. The number of aryl methyl sites for hydroxylation is 2. The van der Waals surface area contributed by atoms with E-state index >= 15 is 0 Å². The first kappa shape index (κ1) is 13.7. The minimum absolute atomic E-state index is 0.229. The van der Waals surface area contributed by atoms with Gasteiger partial charge in [0.2, 0.25) is 0 Å². The number of aromatic nitrogens is 4. The Balaban J connectivity index is 2.21. The Morgan fingerprint density at radius 2 is 2.00 bits per heavy atom. The zero-order valence-corrected chi connectivity index (χ0v) is 11.8. The van der Waals surface area contributed by atoms with Crippen molar-refractivity contribution in [1.82, 2.24) is 25.1 Å². The highest BCUT2D eigenvalue weighted by molar-refractivity contribution is 5.16. The van der Waals surface area contributed by atoms with Gasteiger partial charge in [-0.1, -0.05) is 6.92 Å². The molecule has 102 valence electrons. The Kier molecular flexibility index (Phi) is 4.63. The van der Waals surface area contributed by atoms with Gasteiger partial charge in [0.05, 0.1) is 5.69 Å². The molecule has 19 heavy (non-hydrogen) atoms. The number of hydrogen-bond donors (Lipinski definition) is 1. The van der Waals surface area contributed by atoms with E-state index in [9.17, 15) is 0 Å². The summed E-state index contributed by atoms with van der Waals surface area (Å²) < 4.78 is 2.06. The Labute approximate surface area is 114 Å². The quantitative estimate of drug-likeness (QED) is 0.860. The maximum absolute atomic E-state index is 4.49. The zero-order valence-electron chi connectivity index (χ0n) is 11.8. The number of likely N-dealkylation sites (N-methyl/N-ethyl adjacent to an activating group) is 1.